The van der Waals surface area contributed by atoms with Crippen LogP contribution in [0, 0.1) is 5.92 Å². The maximum atomic E-state index is 14.0. The van der Waals surface area contributed by atoms with Gasteiger partial charge in [0.1, 0.15) is 5.83 Å². The van der Waals surface area contributed by atoms with Gasteiger partial charge in [-0.3, -0.25) is 15.0 Å². The summed E-state index contributed by atoms with van der Waals surface area (Å²) in [5, 5.41) is 11.9. The van der Waals surface area contributed by atoms with Gasteiger partial charge in [-0.05, 0) is 30.9 Å². The van der Waals surface area contributed by atoms with Crippen molar-refractivity contribution in [1.29, 1.82) is 0 Å². The van der Waals surface area contributed by atoms with E-state index in [4.69, 9.17) is 5.11 Å². The lowest BCUT2D eigenvalue weighted by molar-refractivity contribution is -0.133. The minimum absolute atomic E-state index is 0.0740. The summed E-state index contributed by atoms with van der Waals surface area (Å²) in [6.07, 6.45) is 5.88. The Labute approximate surface area is 176 Å². The van der Waals surface area contributed by atoms with Crippen LogP contribution < -0.4 is 10.2 Å². The lowest BCUT2D eigenvalue weighted by Crippen LogP contribution is -2.38. The SMILES string of the molecule is C=C(F)c1ccccc1N(CC1CCCC1)C(=O)Nc1ncc(SCC(=O)O)s1. The van der Waals surface area contributed by atoms with E-state index in [1.807, 2.05) is 0 Å². The number of halogens is 1. The maximum absolute atomic E-state index is 14.0. The second kappa shape index (κ2) is 9.89. The largest absolute Gasteiger partial charge is 0.481 e. The number of urea groups is 1. The van der Waals surface area contributed by atoms with E-state index in [1.165, 1.54) is 17.5 Å². The number of aliphatic carboxylic acids is 1. The van der Waals surface area contributed by atoms with Gasteiger partial charge in [0.2, 0.25) is 0 Å². The molecule has 6 nitrogen and oxygen atoms in total. The first-order valence-electron chi connectivity index (χ1n) is 9.27. The highest BCUT2D eigenvalue weighted by Gasteiger charge is 2.26. The average Bonchev–Trinajstić information content (AvgIpc) is 3.36. The molecule has 1 heterocycles. The highest BCUT2D eigenvalue weighted by Crippen LogP contribution is 2.33. The lowest BCUT2D eigenvalue weighted by Gasteiger charge is -2.27. The van der Waals surface area contributed by atoms with Crippen molar-refractivity contribution in [3.05, 3.63) is 42.6 Å². The van der Waals surface area contributed by atoms with E-state index in [-0.39, 0.29) is 11.3 Å². The number of amides is 2. The van der Waals surface area contributed by atoms with Gasteiger partial charge in [0.05, 0.1) is 21.8 Å². The Morgan fingerprint density at radius 3 is 2.76 bits per heavy atom. The Kier molecular flexibility index (Phi) is 7.27. The standard InChI is InChI=1S/C20H22FN3O3S2/c1-13(21)15-8-4-5-9-16(15)24(11-14-6-2-3-7-14)20(27)23-19-22-10-18(29-19)28-12-17(25)26/h4-5,8-10,14H,1-3,6-7,11-12H2,(H,25,26)(H,22,23,27). The molecule has 154 valence electrons. The highest BCUT2D eigenvalue weighted by molar-refractivity contribution is 8.01. The molecule has 1 aromatic heterocycles. The zero-order valence-corrected chi connectivity index (χ0v) is 17.4. The Hall–Kier alpha value is -2.39. The number of anilines is 2. The first kappa shape index (κ1) is 21.3. The smallest absolute Gasteiger partial charge is 0.328 e. The molecule has 0 saturated heterocycles. The second-order valence-corrected chi connectivity index (χ2v) is 9.09. The first-order chi connectivity index (χ1) is 13.9. The van der Waals surface area contributed by atoms with Crippen LogP contribution in [0.25, 0.3) is 5.83 Å². The van der Waals surface area contributed by atoms with Crippen LogP contribution in [0.3, 0.4) is 0 Å². The third-order valence-corrected chi connectivity index (χ3v) is 6.78. The van der Waals surface area contributed by atoms with Gasteiger partial charge in [-0.1, -0.05) is 42.9 Å². The summed E-state index contributed by atoms with van der Waals surface area (Å²) in [7, 11) is 0. The lowest BCUT2D eigenvalue weighted by atomic mass is 10.1. The third kappa shape index (κ3) is 5.80. The number of rotatable bonds is 8. The molecular formula is C20H22FN3O3S2. The number of aromatic nitrogens is 1. The molecule has 0 aliphatic heterocycles. The fourth-order valence-electron chi connectivity index (χ4n) is 3.36. The number of nitrogens with zero attached hydrogens (tertiary/aromatic N) is 2. The molecular weight excluding hydrogens is 413 g/mol. The van der Waals surface area contributed by atoms with Crippen molar-refractivity contribution in [2.24, 2.45) is 5.92 Å². The minimum atomic E-state index is -0.917. The monoisotopic (exact) mass is 435 g/mol. The first-order valence-corrected chi connectivity index (χ1v) is 11.1. The number of carbonyl (C=O) groups excluding carboxylic acids is 1. The fraction of sp³-hybridized carbons (Fsp3) is 0.350. The molecule has 1 fully saturated rings. The Morgan fingerprint density at radius 2 is 2.07 bits per heavy atom. The van der Waals surface area contributed by atoms with Crippen molar-refractivity contribution in [3.63, 3.8) is 0 Å². The molecule has 3 rings (SSSR count). The number of para-hydroxylation sites is 1. The van der Waals surface area contributed by atoms with Crippen LogP contribution in [-0.4, -0.2) is 34.4 Å². The number of carboxylic acids is 1. The van der Waals surface area contributed by atoms with Gasteiger partial charge in [0.25, 0.3) is 0 Å². The zero-order chi connectivity index (χ0) is 20.8. The molecule has 29 heavy (non-hydrogen) atoms. The van der Waals surface area contributed by atoms with Gasteiger partial charge in [0.15, 0.2) is 5.13 Å². The van der Waals surface area contributed by atoms with Crippen LogP contribution in [0.15, 0.2) is 41.3 Å². The number of nitrogens with one attached hydrogen (secondary N) is 1. The number of hydrogen-bond donors (Lipinski definition) is 2. The van der Waals surface area contributed by atoms with Gasteiger partial charge in [-0.2, -0.15) is 0 Å². The van der Waals surface area contributed by atoms with Gasteiger partial charge in [-0.25, -0.2) is 14.2 Å². The summed E-state index contributed by atoms with van der Waals surface area (Å²) in [6, 6.07) is 6.40. The average molecular weight is 436 g/mol. The highest BCUT2D eigenvalue weighted by atomic mass is 32.2. The predicted octanol–water partition coefficient (Wildman–Crippen LogP) is 5.49. The molecule has 0 spiro atoms. The van der Waals surface area contributed by atoms with E-state index < -0.39 is 17.8 Å². The zero-order valence-electron chi connectivity index (χ0n) is 15.8. The van der Waals surface area contributed by atoms with E-state index in [2.05, 4.69) is 16.9 Å². The minimum Gasteiger partial charge on any atom is -0.481 e. The quantitative estimate of drug-likeness (QED) is 0.536. The van der Waals surface area contributed by atoms with Crippen LogP contribution in [-0.2, 0) is 4.79 Å². The Bertz CT molecular complexity index is 897. The summed E-state index contributed by atoms with van der Waals surface area (Å²) in [5.74, 6) is -1.22. The summed E-state index contributed by atoms with van der Waals surface area (Å²) < 4.78 is 14.7. The van der Waals surface area contributed by atoms with Crippen molar-refractivity contribution < 1.29 is 19.1 Å². The number of thioether (sulfide) groups is 1. The van der Waals surface area contributed by atoms with E-state index in [0.717, 1.165) is 37.4 Å². The summed E-state index contributed by atoms with van der Waals surface area (Å²) in [6.45, 7) is 3.88. The van der Waals surface area contributed by atoms with Crippen molar-refractivity contribution in [3.8, 4) is 0 Å². The second-order valence-electron chi connectivity index (χ2n) is 6.78. The number of thiazole rings is 1. The van der Waals surface area contributed by atoms with E-state index in [9.17, 15) is 14.0 Å². The maximum Gasteiger partial charge on any atom is 0.328 e. The number of carbonyl (C=O) groups is 2. The molecule has 0 unspecified atom stereocenters. The molecule has 2 amide bonds. The Balaban J connectivity index is 1.79. The van der Waals surface area contributed by atoms with E-state index >= 15 is 0 Å². The van der Waals surface area contributed by atoms with Crippen LogP contribution in [0.4, 0.5) is 20.0 Å². The normalized spacial score (nSPS) is 14.0. The van der Waals surface area contributed by atoms with Crippen LogP contribution in [0.1, 0.15) is 31.2 Å². The molecule has 2 N–H and O–H groups in total. The number of carboxylic acid groups (broad SMARTS) is 1. The van der Waals surface area contributed by atoms with E-state index in [1.54, 1.807) is 29.2 Å². The van der Waals surface area contributed by atoms with Gasteiger partial charge in [0, 0.05) is 12.1 Å². The predicted molar refractivity (Wildman–Crippen MR) is 115 cm³/mol. The number of benzene rings is 1. The van der Waals surface area contributed by atoms with Gasteiger partial charge >= 0.3 is 12.0 Å². The molecule has 0 radical (unpaired) electrons. The molecule has 1 aliphatic carbocycles. The molecule has 0 bridgehead atoms. The van der Waals surface area contributed by atoms with Gasteiger partial charge in [-0.15, -0.1) is 11.8 Å². The summed E-state index contributed by atoms with van der Waals surface area (Å²) in [4.78, 5) is 29.5. The molecule has 1 aliphatic rings. The molecule has 1 aromatic carbocycles. The van der Waals surface area contributed by atoms with Crippen LogP contribution >= 0.6 is 23.1 Å². The summed E-state index contributed by atoms with van der Waals surface area (Å²) >= 11 is 2.35. The molecule has 1 saturated carbocycles. The molecule has 9 heteroatoms. The van der Waals surface area contributed by atoms with Crippen molar-refractivity contribution >= 4 is 51.7 Å². The Morgan fingerprint density at radius 1 is 1.34 bits per heavy atom. The number of hydrogen-bond acceptors (Lipinski definition) is 5. The molecule has 2 aromatic rings. The van der Waals surface area contributed by atoms with Crippen molar-refractivity contribution in [2.75, 3.05) is 22.5 Å². The topological polar surface area (TPSA) is 82.5 Å². The molecule has 0 atom stereocenters. The third-order valence-electron chi connectivity index (χ3n) is 4.68. The fourth-order valence-corrected chi connectivity index (χ4v) is 4.94. The van der Waals surface area contributed by atoms with Crippen molar-refractivity contribution in [1.82, 2.24) is 4.98 Å². The summed E-state index contributed by atoms with van der Waals surface area (Å²) in [5.41, 5.74) is 0.763. The van der Waals surface area contributed by atoms with Crippen LogP contribution in [0.5, 0.6) is 0 Å². The van der Waals surface area contributed by atoms with Crippen LogP contribution in [0.2, 0.25) is 0 Å². The van der Waals surface area contributed by atoms with Crippen molar-refractivity contribution in [2.45, 2.75) is 29.9 Å². The van der Waals surface area contributed by atoms with Gasteiger partial charge < -0.3 is 5.11 Å². The van der Waals surface area contributed by atoms with E-state index in [0.29, 0.717) is 27.5 Å².